The van der Waals surface area contributed by atoms with Gasteiger partial charge in [-0.05, 0) is 49.8 Å². The first-order chi connectivity index (χ1) is 15.4. The van der Waals surface area contributed by atoms with Crippen LogP contribution in [0.5, 0.6) is 0 Å². The lowest BCUT2D eigenvalue weighted by Gasteiger charge is -2.35. The maximum Gasteiger partial charge on any atom is 0.348 e. The van der Waals surface area contributed by atoms with Crippen molar-refractivity contribution in [3.05, 3.63) is 38.2 Å². The number of amides is 1. The quantitative estimate of drug-likeness (QED) is 0.540. The highest BCUT2D eigenvalue weighted by molar-refractivity contribution is 7.19. The molecule has 0 saturated carbocycles. The first-order valence-electron chi connectivity index (χ1n) is 11.0. The smallest absolute Gasteiger partial charge is 0.348 e. The van der Waals surface area contributed by atoms with E-state index in [0.717, 1.165) is 48.3 Å². The second kappa shape index (κ2) is 8.44. The van der Waals surface area contributed by atoms with Gasteiger partial charge in [-0.3, -0.25) is 4.79 Å². The molecule has 0 radical (unpaired) electrons. The molecule has 9 heteroatoms. The number of anilines is 1. The molecule has 1 aliphatic carbocycles. The molecule has 4 heterocycles. The maximum atomic E-state index is 13.0. The molecule has 3 aromatic heterocycles. The van der Waals surface area contributed by atoms with Crippen molar-refractivity contribution in [2.24, 2.45) is 5.92 Å². The summed E-state index contributed by atoms with van der Waals surface area (Å²) in [5, 5.41) is 1.23. The minimum Gasteiger partial charge on any atom is -0.465 e. The highest BCUT2D eigenvalue weighted by atomic mass is 32.1. The van der Waals surface area contributed by atoms with Gasteiger partial charge >= 0.3 is 5.97 Å². The topological polar surface area (TPSA) is 75.6 Å². The fourth-order valence-corrected chi connectivity index (χ4v) is 6.91. The summed E-state index contributed by atoms with van der Waals surface area (Å²) in [7, 11) is 1.35. The summed E-state index contributed by atoms with van der Waals surface area (Å²) in [4.78, 5) is 42.0. The molecule has 2 aliphatic rings. The molecule has 0 unspecified atom stereocenters. The molecule has 0 aromatic carbocycles. The maximum absolute atomic E-state index is 13.0. The van der Waals surface area contributed by atoms with Gasteiger partial charge in [0.1, 0.15) is 21.3 Å². The third-order valence-corrected chi connectivity index (χ3v) is 8.52. The zero-order valence-electron chi connectivity index (χ0n) is 18.5. The fraction of sp³-hybridized carbons (Fsp3) is 0.478. The number of esters is 1. The number of ether oxygens (including phenoxy) is 1. The van der Waals surface area contributed by atoms with Gasteiger partial charge in [0.05, 0.1) is 17.4 Å². The van der Waals surface area contributed by atoms with Crippen molar-refractivity contribution >= 4 is 50.6 Å². The van der Waals surface area contributed by atoms with Crippen LogP contribution in [0.2, 0.25) is 0 Å². The van der Waals surface area contributed by atoms with E-state index < -0.39 is 5.97 Å². The Kier molecular flexibility index (Phi) is 5.63. The molecule has 1 aliphatic heterocycles. The van der Waals surface area contributed by atoms with Crippen molar-refractivity contribution in [3.63, 3.8) is 0 Å². The zero-order chi connectivity index (χ0) is 22.4. The van der Waals surface area contributed by atoms with Gasteiger partial charge < -0.3 is 14.5 Å². The van der Waals surface area contributed by atoms with Crippen molar-refractivity contribution in [2.45, 2.75) is 33.1 Å². The molecule has 3 aromatic rings. The number of hydrogen-bond acceptors (Lipinski definition) is 8. The number of carbonyl (C=O) groups excluding carboxylic acids is 2. The molecule has 1 amide bonds. The van der Waals surface area contributed by atoms with Crippen molar-refractivity contribution in [3.8, 4) is 0 Å². The Labute approximate surface area is 195 Å². The number of rotatable bonds is 3. The van der Waals surface area contributed by atoms with Crippen LogP contribution in [0, 0.1) is 12.8 Å². The normalized spacial score (nSPS) is 18.7. The Balaban J connectivity index is 1.36. The Morgan fingerprint density at radius 2 is 1.84 bits per heavy atom. The number of methoxy groups -OCH3 is 1. The van der Waals surface area contributed by atoms with Gasteiger partial charge in [-0.1, -0.05) is 6.92 Å². The van der Waals surface area contributed by atoms with E-state index in [4.69, 9.17) is 14.7 Å². The SMILES string of the molecule is COC(=O)c1ccc(C(=O)N2CCN(c3nc(C)nc4sc5c(c34)CC[C@H](C)C5)CC2)s1. The highest BCUT2D eigenvalue weighted by Gasteiger charge is 2.29. The predicted octanol–water partition coefficient (Wildman–Crippen LogP) is 3.94. The molecule has 32 heavy (non-hydrogen) atoms. The van der Waals surface area contributed by atoms with Crippen molar-refractivity contribution in [2.75, 3.05) is 38.2 Å². The Hall–Kier alpha value is -2.52. The van der Waals surface area contributed by atoms with Crippen molar-refractivity contribution in [1.82, 2.24) is 14.9 Å². The summed E-state index contributed by atoms with van der Waals surface area (Å²) >= 11 is 3.01. The van der Waals surface area contributed by atoms with Gasteiger partial charge in [-0.25, -0.2) is 14.8 Å². The molecule has 1 fully saturated rings. The highest BCUT2D eigenvalue weighted by Crippen LogP contribution is 2.41. The Morgan fingerprint density at radius 1 is 1.09 bits per heavy atom. The molecule has 0 N–H and O–H groups in total. The number of aromatic nitrogens is 2. The lowest BCUT2D eigenvalue weighted by molar-refractivity contribution is 0.0606. The van der Waals surface area contributed by atoms with E-state index in [0.29, 0.717) is 22.8 Å². The van der Waals surface area contributed by atoms with Crippen LogP contribution in [-0.2, 0) is 17.6 Å². The molecule has 1 atom stereocenters. The van der Waals surface area contributed by atoms with E-state index in [-0.39, 0.29) is 5.91 Å². The summed E-state index contributed by atoms with van der Waals surface area (Å²) < 4.78 is 4.75. The van der Waals surface area contributed by atoms with E-state index >= 15 is 0 Å². The third-order valence-electron chi connectivity index (χ3n) is 6.32. The van der Waals surface area contributed by atoms with Gasteiger partial charge in [0.25, 0.3) is 5.91 Å². The van der Waals surface area contributed by atoms with Crippen LogP contribution in [0.15, 0.2) is 12.1 Å². The lowest BCUT2D eigenvalue weighted by atomic mass is 9.89. The largest absolute Gasteiger partial charge is 0.465 e. The minimum absolute atomic E-state index is 0.0317. The molecule has 168 valence electrons. The van der Waals surface area contributed by atoms with E-state index in [1.165, 1.54) is 40.7 Å². The summed E-state index contributed by atoms with van der Waals surface area (Å²) in [5.41, 5.74) is 1.44. The van der Waals surface area contributed by atoms with Gasteiger partial charge in [-0.2, -0.15) is 0 Å². The zero-order valence-corrected chi connectivity index (χ0v) is 20.1. The van der Waals surface area contributed by atoms with Gasteiger partial charge in [0.2, 0.25) is 0 Å². The van der Waals surface area contributed by atoms with Gasteiger partial charge in [-0.15, -0.1) is 22.7 Å². The molecule has 7 nitrogen and oxygen atoms in total. The van der Waals surface area contributed by atoms with Crippen LogP contribution in [-0.4, -0.2) is 60.0 Å². The molecule has 1 saturated heterocycles. The van der Waals surface area contributed by atoms with Crippen LogP contribution >= 0.6 is 22.7 Å². The predicted molar refractivity (Wildman–Crippen MR) is 127 cm³/mol. The van der Waals surface area contributed by atoms with Gasteiger partial charge in [0.15, 0.2) is 0 Å². The Bertz CT molecular complexity index is 1190. The first kappa shape index (κ1) is 21.3. The number of thiophene rings is 2. The van der Waals surface area contributed by atoms with E-state index in [1.54, 1.807) is 12.1 Å². The van der Waals surface area contributed by atoms with Crippen LogP contribution in [0.1, 0.15) is 49.0 Å². The summed E-state index contributed by atoms with van der Waals surface area (Å²) in [6.07, 6.45) is 3.43. The summed E-state index contributed by atoms with van der Waals surface area (Å²) in [6.45, 7) is 6.99. The van der Waals surface area contributed by atoms with Crippen LogP contribution in [0.4, 0.5) is 5.82 Å². The molecule has 5 rings (SSSR count). The van der Waals surface area contributed by atoms with Crippen LogP contribution in [0.25, 0.3) is 10.2 Å². The van der Waals surface area contributed by atoms with E-state index in [2.05, 4.69) is 11.8 Å². The second-order valence-electron chi connectivity index (χ2n) is 8.56. The van der Waals surface area contributed by atoms with E-state index in [1.807, 2.05) is 23.2 Å². The number of fused-ring (bicyclic) bond motifs is 3. The average molecular weight is 471 g/mol. The van der Waals surface area contributed by atoms with Crippen LogP contribution < -0.4 is 4.90 Å². The minimum atomic E-state index is -0.407. The molecular formula is C23H26N4O3S2. The number of hydrogen-bond donors (Lipinski definition) is 0. The third kappa shape index (κ3) is 3.77. The second-order valence-corrected chi connectivity index (χ2v) is 10.7. The first-order valence-corrected chi connectivity index (χ1v) is 12.6. The molecule has 0 spiro atoms. The summed E-state index contributed by atoms with van der Waals surface area (Å²) in [5.74, 6) is 2.10. The number of carbonyl (C=O) groups is 2. The molecular weight excluding hydrogens is 444 g/mol. The summed E-state index contributed by atoms with van der Waals surface area (Å²) in [6, 6.07) is 3.36. The van der Waals surface area contributed by atoms with Crippen molar-refractivity contribution in [1.29, 1.82) is 0 Å². The van der Waals surface area contributed by atoms with E-state index in [9.17, 15) is 9.59 Å². The Morgan fingerprint density at radius 3 is 2.59 bits per heavy atom. The monoisotopic (exact) mass is 470 g/mol. The molecule has 0 bridgehead atoms. The van der Waals surface area contributed by atoms with Crippen LogP contribution in [0.3, 0.4) is 0 Å². The average Bonchev–Trinajstić information content (AvgIpc) is 3.42. The van der Waals surface area contributed by atoms with Gasteiger partial charge in [0, 0.05) is 31.1 Å². The fourth-order valence-electron chi connectivity index (χ4n) is 4.60. The van der Waals surface area contributed by atoms with Crippen molar-refractivity contribution < 1.29 is 14.3 Å². The standard InChI is InChI=1S/C23H26N4O3S2/c1-13-4-5-15-18(12-13)32-21-19(15)20(24-14(2)25-21)26-8-10-27(11-9-26)22(28)16-6-7-17(31-16)23(29)30-3/h6-7,13H,4-5,8-12H2,1-3H3/t13-/m0/s1. The number of nitrogens with zero attached hydrogens (tertiary/aromatic N) is 4. The number of piperazine rings is 1. The lowest BCUT2D eigenvalue weighted by Crippen LogP contribution is -2.49. The number of aryl methyl sites for hydroxylation is 2.